The number of nitrogens with zero attached hydrogens (tertiary/aromatic N) is 2. The second kappa shape index (κ2) is 8.16. The molecule has 1 N–H and O–H groups in total. The van der Waals surface area contributed by atoms with Gasteiger partial charge in [-0.05, 0) is 49.7 Å². The van der Waals surface area contributed by atoms with Crippen LogP contribution in [-0.2, 0) is 9.53 Å². The van der Waals surface area contributed by atoms with E-state index >= 15 is 0 Å². The number of carbonyl (C=O) groups excluding carboxylic acids is 1. The molecule has 0 saturated carbocycles. The normalized spacial score (nSPS) is 15.4. The molecule has 146 valence electrons. The number of rotatable bonds is 5. The van der Waals surface area contributed by atoms with Gasteiger partial charge < -0.3 is 19.7 Å². The molecule has 2 heterocycles. The molecule has 2 aromatic carbocycles. The average molecular weight is 398 g/mol. The minimum Gasteiger partial charge on any atom is -0.481 e. The van der Waals surface area contributed by atoms with Crippen LogP contribution >= 0.6 is 11.3 Å². The fraction of sp³-hybridized carbons (Fsp3) is 0.333. The summed E-state index contributed by atoms with van der Waals surface area (Å²) < 4.78 is 12.2. The Bertz CT molecular complexity index is 982. The highest BCUT2D eigenvalue weighted by Crippen LogP contribution is 2.31. The Hall–Kier alpha value is -2.64. The number of aromatic nitrogens is 1. The van der Waals surface area contributed by atoms with Crippen LogP contribution in [0.3, 0.4) is 0 Å². The van der Waals surface area contributed by atoms with Crippen molar-refractivity contribution in [1.29, 1.82) is 0 Å². The van der Waals surface area contributed by atoms with E-state index in [1.54, 1.807) is 18.3 Å². The van der Waals surface area contributed by atoms with Crippen LogP contribution in [-0.4, -0.2) is 43.3 Å². The number of carbonyl (C=O) groups is 1. The van der Waals surface area contributed by atoms with Crippen molar-refractivity contribution in [3.05, 3.63) is 48.0 Å². The highest BCUT2D eigenvalue weighted by molar-refractivity contribution is 7.22. The molecule has 0 spiro atoms. The van der Waals surface area contributed by atoms with Crippen LogP contribution < -0.4 is 15.0 Å². The molecule has 1 aromatic heterocycles. The van der Waals surface area contributed by atoms with Crippen LogP contribution in [0.2, 0.25) is 0 Å². The van der Waals surface area contributed by atoms with Gasteiger partial charge in [-0.25, -0.2) is 4.98 Å². The molecule has 1 unspecified atom stereocenters. The lowest BCUT2D eigenvalue weighted by Crippen LogP contribution is -2.36. The van der Waals surface area contributed by atoms with Crippen molar-refractivity contribution < 1.29 is 14.3 Å². The molecule has 6 nitrogen and oxygen atoms in total. The van der Waals surface area contributed by atoms with E-state index in [1.807, 2.05) is 49.4 Å². The first-order chi connectivity index (χ1) is 13.6. The molecular formula is C21H23N3O3S. The maximum Gasteiger partial charge on any atom is 0.265 e. The van der Waals surface area contributed by atoms with Gasteiger partial charge in [0.1, 0.15) is 5.75 Å². The lowest BCUT2D eigenvalue weighted by atomic mass is 10.2. The lowest BCUT2D eigenvalue weighted by Gasteiger charge is -2.25. The SMILES string of the molecule is Cc1cccc(OC(C)C(=O)Nc2ccc3nc(N4CCOCC4)sc3c2)c1. The third-order valence-corrected chi connectivity index (χ3v) is 5.68. The van der Waals surface area contributed by atoms with Crippen LogP contribution in [0.15, 0.2) is 42.5 Å². The molecular weight excluding hydrogens is 374 g/mol. The molecule has 1 amide bonds. The maximum atomic E-state index is 12.5. The third-order valence-electron chi connectivity index (χ3n) is 4.60. The number of benzene rings is 2. The number of hydrogen-bond acceptors (Lipinski definition) is 6. The Morgan fingerprint density at radius 3 is 2.86 bits per heavy atom. The van der Waals surface area contributed by atoms with Crippen LogP contribution in [0.1, 0.15) is 12.5 Å². The molecule has 7 heteroatoms. The molecule has 1 atom stereocenters. The third kappa shape index (κ3) is 4.26. The molecule has 1 saturated heterocycles. The summed E-state index contributed by atoms with van der Waals surface area (Å²) in [5.74, 6) is 0.509. The zero-order valence-corrected chi connectivity index (χ0v) is 16.8. The second-order valence-corrected chi connectivity index (χ2v) is 7.85. The molecule has 28 heavy (non-hydrogen) atoms. The standard InChI is InChI=1S/C21H23N3O3S/c1-14-4-3-5-17(12-14)27-15(2)20(25)22-16-6-7-18-19(13-16)28-21(23-18)24-8-10-26-11-9-24/h3-7,12-13,15H,8-11H2,1-2H3,(H,22,25). The summed E-state index contributed by atoms with van der Waals surface area (Å²) in [6, 6.07) is 13.5. The van der Waals surface area contributed by atoms with Gasteiger partial charge in [0.2, 0.25) is 0 Å². The molecule has 1 fully saturated rings. The number of anilines is 2. The fourth-order valence-corrected chi connectivity index (χ4v) is 4.13. The van der Waals surface area contributed by atoms with E-state index in [1.165, 1.54) is 0 Å². The molecule has 0 bridgehead atoms. The van der Waals surface area contributed by atoms with Gasteiger partial charge in [-0.3, -0.25) is 4.79 Å². The van der Waals surface area contributed by atoms with E-state index in [4.69, 9.17) is 14.5 Å². The summed E-state index contributed by atoms with van der Waals surface area (Å²) in [4.78, 5) is 19.5. The molecule has 0 radical (unpaired) electrons. The number of hydrogen-bond donors (Lipinski definition) is 1. The number of fused-ring (bicyclic) bond motifs is 1. The smallest absolute Gasteiger partial charge is 0.265 e. The Labute approximate surface area is 168 Å². The van der Waals surface area contributed by atoms with Crippen molar-refractivity contribution in [3.8, 4) is 5.75 Å². The minimum absolute atomic E-state index is 0.182. The number of nitrogens with one attached hydrogen (secondary N) is 1. The molecule has 1 aliphatic rings. The van der Waals surface area contributed by atoms with Crippen molar-refractivity contribution in [1.82, 2.24) is 4.98 Å². The topological polar surface area (TPSA) is 63.7 Å². The first-order valence-electron chi connectivity index (χ1n) is 9.36. The van der Waals surface area contributed by atoms with Gasteiger partial charge in [-0.1, -0.05) is 23.5 Å². The van der Waals surface area contributed by atoms with Gasteiger partial charge >= 0.3 is 0 Å². The maximum absolute atomic E-state index is 12.5. The van der Waals surface area contributed by atoms with E-state index in [0.717, 1.165) is 52.9 Å². The summed E-state index contributed by atoms with van der Waals surface area (Å²) in [5.41, 5.74) is 2.78. The van der Waals surface area contributed by atoms with E-state index in [-0.39, 0.29) is 5.91 Å². The zero-order chi connectivity index (χ0) is 19.5. The quantitative estimate of drug-likeness (QED) is 0.709. The largest absolute Gasteiger partial charge is 0.481 e. The predicted octanol–water partition coefficient (Wildman–Crippen LogP) is 3.85. The van der Waals surface area contributed by atoms with E-state index < -0.39 is 6.10 Å². The summed E-state index contributed by atoms with van der Waals surface area (Å²) in [5, 5.41) is 3.94. The predicted molar refractivity (Wildman–Crippen MR) is 113 cm³/mol. The zero-order valence-electron chi connectivity index (χ0n) is 16.0. The van der Waals surface area contributed by atoms with Gasteiger partial charge in [-0.15, -0.1) is 0 Å². The summed E-state index contributed by atoms with van der Waals surface area (Å²) in [6.07, 6.45) is -0.595. The fourth-order valence-electron chi connectivity index (χ4n) is 3.07. The van der Waals surface area contributed by atoms with Crippen LogP contribution in [0, 0.1) is 6.92 Å². The van der Waals surface area contributed by atoms with Gasteiger partial charge in [0.25, 0.3) is 5.91 Å². The van der Waals surface area contributed by atoms with Gasteiger partial charge in [0.15, 0.2) is 11.2 Å². The van der Waals surface area contributed by atoms with E-state index in [0.29, 0.717) is 5.75 Å². The summed E-state index contributed by atoms with van der Waals surface area (Å²) in [7, 11) is 0. The second-order valence-electron chi connectivity index (χ2n) is 6.84. The molecule has 0 aliphatic carbocycles. The van der Waals surface area contributed by atoms with Crippen molar-refractivity contribution in [2.75, 3.05) is 36.5 Å². The lowest BCUT2D eigenvalue weighted by molar-refractivity contribution is -0.122. The number of aryl methyl sites for hydroxylation is 1. The van der Waals surface area contributed by atoms with Gasteiger partial charge in [0, 0.05) is 18.8 Å². The number of morpholine rings is 1. The van der Waals surface area contributed by atoms with Crippen molar-refractivity contribution in [3.63, 3.8) is 0 Å². The van der Waals surface area contributed by atoms with Crippen LogP contribution in [0.25, 0.3) is 10.2 Å². The monoisotopic (exact) mass is 397 g/mol. The minimum atomic E-state index is -0.595. The Morgan fingerprint density at radius 2 is 2.07 bits per heavy atom. The first kappa shape index (κ1) is 18.7. The summed E-state index contributed by atoms with van der Waals surface area (Å²) >= 11 is 1.63. The Kier molecular flexibility index (Phi) is 5.45. The van der Waals surface area contributed by atoms with Crippen molar-refractivity contribution in [2.45, 2.75) is 20.0 Å². The Morgan fingerprint density at radius 1 is 1.25 bits per heavy atom. The van der Waals surface area contributed by atoms with Crippen molar-refractivity contribution in [2.24, 2.45) is 0 Å². The van der Waals surface area contributed by atoms with E-state index in [2.05, 4.69) is 10.2 Å². The van der Waals surface area contributed by atoms with Gasteiger partial charge in [0.05, 0.1) is 23.4 Å². The summed E-state index contributed by atoms with van der Waals surface area (Å²) in [6.45, 7) is 6.92. The first-order valence-corrected chi connectivity index (χ1v) is 10.2. The highest BCUT2D eigenvalue weighted by Gasteiger charge is 2.17. The van der Waals surface area contributed by atoms with Crippen LogP contribution in [0.4, 0.5) is 10.8 Å². The average Bonchev–Trinajstić information content (AvgIpc) is 3.12. The molecule has 4 rings (SSSR count). The number of ether oxygens (including phenoxy) is 2. The van der Waals surface area contributed by atoms with Crippen molar-refractivity contribution >= 4 is 38.3 Å². The number of thiazole rings is 1. The number of amides is 1. The van der Waals surface area contributed by atoms with E-state index in [9.17, 15) is 4.79 Å². The highest BCUT2D eigenvalue weighted by atomic mass is 32.1. The molecule has 3 aromatic rings. The Balaban J connectivity index is 1.44. The van der Waals surface area contributed by atoms with Crippen LogP contribution in [0.5, 0.6) is 5.75 Å². The van der Waals surface area contributed by atoms with Gasteiger partial charge in [-0.2, -0.15) is 0 Å². The molecule has 1 aliphatic heterocycles.